The molecule has 1 aliphatic heterocycles. The molecule has 0 bridgehead atoms. The largest absolute Gasteiger partial charge is 0.497 e. The summed E-state index contributed by atoms with van der Waals surface area (Å²) >= 11 is 0. The van der Waals surface area contributed by atoms with Gasteiger partial charge in [0.2, 0.25) is 11.8 Å². The molecule has 0 saturated carbocycles. The number of H-pyrrole nitrogens is 1. The highest BCUT2D eigenvalue weighted by molar-refractivity contribution is 5.92. The number of aromatic amines is 1. The summed E-state index contributed by atoms with van der Waals surface area (Å²) < 4.78 is 18.7. The molecule has 2 heterocycles. The van der Waals surface area contributed by atoms with Crippen LogP contribution in [0.5, 0.6) is 5.75 Å². The standard InChI is InChI=1S/C16H18FN3O3/c1-23-11-2-3-13-12(6-11)9(7-19-13)4-15(21)20-8-10(17)5-14(20)16(18)22/h2-3,6-7,10,14,19H,4-5,8H2,1H3,(H2,18,22)/t10-,14+/m1/s1. The van der Waals surface area contributed by atoms with Crippen molar-refractivity contribution in [1.82, 2.24) is 9.88 Å². The van der Waals surface area contributed by atoms with Gasteiger partial charge < -0.3 is 20.4 Å². The van der Waals surface area contributed by atoms with Crippen molar-refractivity contribution >= 4 is 22.7 Å². The summed E-state index contributed by atoms with van der Waals surface area (Å²) in [7, 11) is 1.57. The van der Waals surface area contributed by atoms with Gasteiger partial charge in [-0.25, -0.2) is 4.39 Å². The minimum Gasteiger partial charge on any atom is -0.497 e. The molecule has 0 radical (unpaired) electrons. The van der Waals surface area contributed by atoms with E-state index in [4.69, 9.17) is 10.5 Å². The lowest BCUT2D eigenvalue weighted by atomic mass is 10.1. The molecule has 1 aliphatic rings. The van der Waals surface area contributed by atoms with Gasteiger partial charge in [0.05, 0.1) is 20.1 Å². The molecule has 0 spiro atoms. The number of fused-ring (bicyclic) bond motifs is 1. The first-order chi connectivity index (χ1) is 11.0. The number of alkyl halides is 1. The Morgan fingerprint density at radius 2 is 2.26 bits per heavy atom. The van der Waals surface area contributed by atoms with Gasteiger partial charge in [0.15, 0.2) is 0 Å². The fourth-order valence-electron chi connectivity index (χ4n) is 3.03. The lowest BCUT2D eigenvalue weighted by Crippen LogP contribution is -2.44. The summed E-state index contributed by atoms with van der Waals surface area (Å²) in [6.45, 7) is -0.0852. The number of aromatic nitrogens is 1. The van der Waals surface area contributed by atoms with Crippen LogP contribution >= 0.6 is 0 Å². The summed E-state index contributed by atoms with van der Waals surface area (Å²) in [6.07, 6.45) is 0.580. The van der Waals surface area contributed by atoms with Crippen molar-refractivity contribution in [3.63, 3.8) is 0 Å². The smallest absolute Gasteiger partial charge is 0.240 e. The number of rotatable bonds is 4. The van der Waals surface area contributed by atoms with Crippen LogP contribution in [-0.4, -0.2) is 47.6 Å². The number of amides is 2. The molecule has 1 aromatic heterocycles. The molecule has 7 heteroatoms. The number of carbonyl (C=O) groups excluding carboxylic acids is 2. The van der Waals surface area contributed by atoms with E-state index >= 15 is 0 Å². The Labute approximate surface area is 132 Å². The molecular weight excluding hydrogens is 301 g/mol. The Bertz CT molecular complexity index is 758. The van der Waals surface area contributed by atoms with Gasteiger partial charge in [-0.15, -0.1) is 0 Å². The van der Waals surface area contributed by atoms with Gasteiger partial charge in [-0.1, -0.05) is 0 Å². The van der Waals surface area contributed by atoms with Gasteiger partial charge in [-0.2, -0.15) is 0 Å². The number of nitrogens with zero attached hydrogens (tertiary/aromatic N) is 1. The van der Waals surface area contributed by atoms with Gasteiger partial charge in [0.25, 0.3) is 0 Å². The number of benzene rings is 1. The molecule has 1 aromatic carbocycles. The quantitative estimate of drug-likeness (QED) is 0.886. The fourth-order valence-corrected chi connectivity index (χ4v) is 3.03. The minimum atomic E-state index is -1.21. The molecule has 2 atom stereocenters. The average molecular weight is 319 g/mol. The third kappa shape index (κ3) is 2.86. The lowest BCUT2D eigenvalue weighted by molar-refractivity contribution is -0.136. The summed E-state index contributed by atoms with van der Waals surface area (Å²) in [5, 5.41) is 0.865. The van der Waals surface area contributed by atoms with Crippen molar-refractivity contribution < 1.29 is 18.7 Å². The molecule has 2 aromatic rings. The summed E-state index contributed by atoms with van der Waals surface area (Å²) in [5.74, 6) is -0.289. The van der Waals surface area contributed by atoms with Crippen molar-refractivity contribution in [2.75, 3.05) is 13.7 Å². The first-order valence-electron chi connectivity index (χ1n) is 7.36. The second-order valence-corrected chi connectivity index (χ2v) is 5.70. The van der Waals surface area contributed by atoms with E-state index in [-0.39, 0.29) is 25.3 Å². The van der Waals surface area contributed by atoms with E-state index < -0.39 is 18.1 Å². The van der Waals surface area contributed by atoms with Crippen LogP contribution < -0.4 is 10.5 Å². The van der Waals surface area contributed by atoms with Crippen LogP contribution in [0.3, 0.4) is 0 Å². The van der Waals surface area contributed by atoms with Gasteiger partial charge in [-0.05, 0) is 23.8 Å². The summed E-state index contributed by atoms with van der Waals surface area (Å²) in [6, 6.07) is 4.66. The number of ether oxygens (including phenoxy) is 1. The van der Waals surface area contributed by atoms with Crippen molar-refractivity contribution in [3.8, 4) is 5.75 Å². The Kier molecular flexibility index (Phi) is 3.94. The van der Waals surface area contributed by atoms with E-state index in [1.165, 1.54) is 4.90 Å². The zero-order chi connectivity index (χ0) is 16.6. The Balaban J connectivity index is 1.84. The van der Waals surface area contributed by atoms with E-state index in [9.17, 15) is 14.0 Å². The number of methoxy groups -OCH3 is 1. The van der Waals surface area contributed by atoms with Crippen LogP contribution in [0, 0.1) is 0 Å². The van der Waals surface area contributed by atoms with Crippen molar-refractivity contribution in [2.45, 2.75) is 25.1 Å². The SMILES string of the molecule is COc1ccc2[nH]cc(CC(=O)N3C[C@H](F)C[C@H]3C(N)=O)c2c1. The number of halogens is 1. The average Bonchev–Trinajstić information content (AvgIpc) is 3.11. The van der Waals surface area contributed by atoms with Crippen LogP contribution in [0.1, 0.15) is 12.0 Å². The number of nitrogens with two attached hydrogens (primary N) is 1. The lowest BCUT2D eigenvalue weighted by Gasteiger charge is -2.21. The second-order valence-electron chi connectivity index (χ2n) is 5.70. The number of hydrogen-bond donors (Lipinski definition) is 2. The van der Waals surface area contributed by atoms with E-state index in [1.807, 2.05) is 18.2 Å². The Morgan fingerprint density at radius 1 is 1.48 bits per heavy atom. The number of nitrogens with one attached hydrogen (secondary N) is 1. The van der Waals surface area contributed by atoms with Gasteiger partial charge >= 0.3 is 0 Å². The second kappa shape index (κ2) is 5.91. The molecule has 0 unspecified atom stereocenters. The van der Waals surface area contributed by atoms with E-state index in [0.29, 0.717) is 5.75 Å². The molecule has 0 aliphatic carbocycles. The van der Waals surface area contributed by atoms with Crippen LogP contribution in [0.25, 0.3) is 10.9 Å². The molecule has 6 nitrogen and oxygen atoms in total. The van der Waals surface area contributed by atoms with Gasteiger partial charge in [0.1, 0.15) is 18.0 Å². The number of carbonyl (C=O) groups is 2. The predicted octanol–water partition coefficient (Wildman–Crippen LogP) is 1.14. The van der Waals surface area contributed by atoms with Crippen molar-refractivity contribution in [3.05, 3.63) is 30.0 Å². The molecule has 3 rings (SSSR count). The highest BCUT2D eigenvalue weighted by Crippen LogP contribution is 2.26. The molecule has 2 amide bonds. The monoisotopic (exact) mass is 319 g/mol. The fraction of sp³-hybridized carbons (Fsp3) is 0.375. The van der Waals surface area contributed by atoms with E-state index in [1.54, 1.807) is 13.3 Å². The first-order valence-corrected chi connectivity index (χ1v) is 7.36. The Morgan fingerprint density at radius 3 is 2.96 bits per heavy atom. The third-order valence-electron chi connectivity index (χ3n) is 4.22. The Hall–Kier alpha value is -2.57. The number of hydrogen-bond acceptors (Lipinski definition) is 3. The van der Waals surface area contributed by atoms with Crippen molar-refractivity contribution in [2.24, 2.45) is 5.73 Å². The molecule has 1 fully saturated rings. The van der Waals surface area contributed by atoms with E-state index in [2.05, 4.69) is 4.98 Å². The molecule has 23 heavy (non-hydrogen) atoms. The highest BCUT2D eigenvalue weighted by Gasteiger charge is 2.38. The van der Waals surface area contributed by atoms with Crippen LogP contribution in [0.15, 0.2) is 24.4 Å². The summed E-state index contributed by atoms with van der Waals surface area (Å²) in [4.78, 5) is 28.2. The van der Waals surface area contributed by atoms with Crippen molar-refractivity contribution in [1.29, 1.82) is 0 Å². The summed E-state index contributed by atoms with van der Waals surface area (Å²) in [5.41, 5.74) is 6.92. The molecular formula is C16H18FN3O3. The number of primary amides is 1. The van der Waals surface area contributed by atoms with Gasteiger partial charge in [-0.3, -0.25) is 9.59 Å². The normalized spacial score (nSPS) is 20.9. The topological polar surface area (TPSA) is 88.4 Å². The van der Waals surface area contributed by atoms with Crippen LogP contribution in [0.2, 0.25) is 0 Å². The van der Waals surface area contributed by atoms with Crippen LogP contribution in [-0.2, 0) is 16.0 Å². The van der Waals surface area contributed by atoms with Gasteiger partial charge in [0, 0.05) is 23.5 Å². The zero-order valence-electron chi connectivity index (χ0n) is 12.7. The third-order valence-corrected chi connectivity index (χ3v) is 4.22. The molecule has 1 saturated heterocycles. The maximum atomic E-state index is 13.6. The maximum Gasteiger partial charge on any atom is 0.240 e. The first kappa shape index (κ1) is 15.3. The zero-order valence-corrected chi connectivity index (χ0v) is 12.7. The predicted molar refractivity (Wildman–Crippen MR) is 82.8 cm³/mol. The highest BCUT2D eigenvalue weighted by atomic mass is 19.1. The molecule has 122 valence electrons. The number of likely N-dealkylation sites (tertiary alicyclic amines) is 1. The maximum absolute atomic E-state index is 13.6. The minimum absolute atomic E-state index is 0.0250. The van der Waals surface area contributed by atoms with E-state index in [0.717, 1.165) is 16.5 Å². The van der Waals surface area contributed by atoms with Crippen LogP contribution in [0.4, 0.5) is 4.39 Å². The molecule has 3 N–H and O–H groups in total.